The molecule has 0 amide bonds. The third-order valence-electron chi connectivity index (χ3n) is 5.35. The van der Waals surface area contributed by atoms with Crippen LogP contribution >= 0.6 is 0 Å². The van der Waals surface area contributed by atoms with Gasteiger partial charge in [-0.3, -0.25) is 0 Å². The largest absolute Gasteiger partial charge is 0.314 e. The fraction of sp³-hybridized carbons (Fsp3) is 1.00. The monoisotopic (exact) mass is 295 g/mol. The van der Waals surface area contributed by atoms with E-state index in [1.807, 2.05) is 0 Å². The minimum absolute atomic E-state index is 0.754. The molecule has 1 fully saturated rings. The fourth-order valence-electron chi connectivity index (χ4n) is 3.74. The van der Waals surface area contributed by atoms with Crippen LogP contribution in [0.15, 0.2) is 0 Å². The van der Waals surface area contributed by atoms with Crippen molar-refractivity contribution >= 4 is 0 Å². The van der Waals surface area contributed by atoms with E-state index in [2.05, 4.69) is 19.2 Å². The first-order valence-corrected chi connectivity index (χ1v) is 10.1. The maximum Gasteiger partial charge on any atom is 0.00669 e. The fourth-order valence-corrected chi connectivity index (χ4v) is 3.74. The molecule has 1 saturated carbocycles. The van der Waals surface area contributed by atoms with E-state index in [4.69, 9.17) is 0 Å². The zero-order valence-corrected chi connectivity index (χ0v) is 15.0. The number of hydrogen-bond acceptors (Lipinski definition) is 1. The Kier molecular flexibility index (Phi) is 12.3. The summed E-state index contributed by atoms with van der Waals surface area (Å²) in [6, 6.07) is 0.754. The Bertz CT molecular complexity index is 208. The van der Waals surface area contributed by atoms with Gasteiger partial charge in [0.1, 0.15) is 0 Å². The normalized spacial score (nSPS) is 18.0. The lowest BCUT2D eigenvalue weighted by Crippen LogP contribution is -2.35. The van der Waals surface area contributed by atoms with Crippen LogP contribution in [0.2, 0.25) is 0 Å². The molecule has 1 aliphatic rings. The summed E-state index contributed by atoms with van der Waals surface area (Å²) in [5.41, 5.74) is 0. The summed E-state index contributed by atoms with van der Waals surface area (Å²) in [6.07, 6.45) is 21.7. The van der Waals surface area contributed by atoms with E-state index in [-0.39, 0.29) is 0 Å². The Hall–Kier alpha value is -0.0400. The highest BCUT2D eigenvalue weighted by Crippen LogP contribution is 2.26. The molecule has 0 bridgehead atoms. The van der Waals surface area contributed by atoms with Crippen LogP contribution in [0, 0.1) is 5.92 Å². The summed E-state index contributed by atoms with van der Waals surface area (Å²) in [5.74, 6) is 0.960. The first kappa shape index (κ1) is 19.0. The highest BCUT2D eigenvalue weighted by atomic mass is 14.9. The predicted octanol–water partition coefficient (Wildman–Crippen LogP) is 6.47. The maximum absolute atomic E-state index is 3.78. The molecule has 0 aromatic rings. The average Bonchev–Trinajstić information content (AvgIpc) is 2.53. The summed E-state index contributed by atoms with van der Waals surface area (Å²) in [5, 5.41) is 3.78. The number of hydrogen-bond donors (Lipinski definition) is 1. The van der Waals surface area contributed by atoms with E-state index >= 15 is 0 Å². The van der Waals surface area contributed by atoms with Crippen molar-refractivity contribution < 1.29 is 0 Å². The topological polar surface area (TPSA) is 12.0 Å². The lowest BCUT2D eigenvalue weighted by Gasteiger charge is -2.28. The van der Waals surface area contributed by atoms with Crippen LogP contribution in [0.3, 0.4) is 0 Å². The molecule has 126 valence electrons. The summed E-state index contributed by atoms with van der Waals surface area (Å²) in [7, 11) is 0. The highest BCUT2D eigenvalue weighted by Gasteiger charge is 2.18. The molecule has 1 N–H and O–H groups in total. The van der Waals surface area contributed by atoms with Gasteiger partial charge in [0.05, 0.1) is 0 Å². The van der Waals surface area contributed by atoms with Crippen LogP contribution in [0.4, 0.5) is 0 Å². The lowest BCUT2D eigenvalue weighted by atomic mass is 9.84. The quantitative estimate of drug-likeness (QED) is 0.384. The van der Waals surface area contributed by atoms with Crippen molar-refractivity contribution in [2.45, 2.75) is 116 Å². The van der Waals surface area contributed by atoms with E-state index in [0.717, 1.165) is 12.0 Å². The minimum Gasteiger partial charge on any atom is -0.314 e. The van der Waals surface area contributed by atoms with Crippen molar-refractivity contribution in [3.63, 3.8) is 0 Å². The van der Waals surface area contributed by atoms with Gasteiger partial charge in [0.25, 0.3) is 0 Å². The van der Waals surface area contributed by atoms with Gasteiger partial charge < -0.3 is 5.32 Å². The van der Waals surface area contributed by atoms with E-state index in [0.29, 0.717) is 0 Å². The van der Waals surface area contributed by atoms with E-state index < -0.39 is 0 Å². The van der Waals surface area contributed by atoms with Crippen molar-refractivity contribution in [1.82, 2.24) is 5.32 Å². The van der Waals surface area contributed by atoms with Gasteiger partial charge in [-0.25, -0.2) is 0 Å². The second kappa shape index (κ2) is 13.6. The van der Waals surface area contributed by atoms with Crippen molar-refractivity contribution in [3.8, 4) is 0 Å². The van der Waals surface area contributed by atoms with Gasteiger partial charge in [-0.15, -0.1) is 0 Å². The van der Waals surface area contributed by atoms with Crippen LogP contribution in [0.25, 0.3) is 0 Å². The highest BCUT2D eigenvalue weighted by molar-refractivity contribution is 4.75. The minimum atomic E-state index is 0.754. The van der Waals surface area contributed by atoms with Crippen molar-refractivity contribution in [3.05, 3.63) is 0 Å². The zero-order chi connectivity index (χ0) is 15.2. The third kappa shape index (κ3) is 10.3. The second-order valence-corrected chi connectivity index (χ2v) is 7.32. The number of nitrogens with one attached hydrogen (secondary N) is 1. The molecular formula is C20H41N. The van der Waals surface area contributed by atoms with Gasteiger partial charge in [0.2, 0.25) is 0 Å². The SMILES string of the molecule is CCCCCCCCCCCCN[C@@H](C)C1CCCCC1. The van der Waals surface area contributed by atoms with Gasteiger partial charge in [0, 0.05) is 6.04 Å². The summed E-state index contributed by atoms with van der Waals surface area (Å²) < 4.78 is 0. The lowest BCUT2D eigenvalue weighted by molar-refractivity contribution is 0.280. The molecule has 21 heavy (non-hydrogen) atoms. The number of rotatable bonds is 13. The Morgan fingerprint density at radius 3 is 1.86 bits per heavy atom. The van der Waals surface area contributed by atoms with Crippen LogP contribution in [0.5, 0.6) is 0 Å². The molecule has 0 aliphatic heterocycles. The molecule has 1 atom stereocenters. The molecule has 0 aromatic carbocycles. The predicted molar refractivity (Wildman–Crippen MR) is 95.9 cm³/mol. The Labute approximate surface area is 134 Å². The maximum atomic E-state index is 3.78. The zero-order valence-electron chi connectivity index (χ0n) is 15.0. The first-order valence-electron chi connectivity index (χ1n) is 10.1. The van der Waals surface area contributed by atoms with Gasteiger partial charge >= 0.3 is 0 Å². The van der Waals surface area contributed by atoms with Crippen molar-refractivity contribution in [1.29, 1.82) is 0 Å². The van der Waals surface area contributed by atoms with Crippen LogP contribution < -0.4 is 5.32 Å². The molecule has 1 rings (SSSR count). The molecule has 0 spiro atoms. The molecule has 0 unspecified atom stereocenters. The molecule has 0 aromatic heterocycles. The standard InChI is InChI=1S/C20H41N/c1-3-4-5-6-7-8-9-10-11-15-18-21-19(2)20-16-13-12-14-17-20/h19-21H,3-18H2,1-2H3/t19-/m0/s1. The smallest absolute Gasteiger partial charge is 0.00669 e. The second-order valence-electron chi connectivity index (χ2n) is 7.32. The molecule has 1 nitrogen and oxygen atoms in total. The van der Waals surface area contributed by atoms with Gasteiger partial charge in [0.15, 0.2) is 0 Å². The number of unbranched alkanes of at least 4 members (excludes halogenated alkanes) is 9. The Morgan fingerprint density at radius 2 is 1.29 bits per heavy atom. The molecule has 1 heteroatoms. The van der Waals surface area contributed by atoms with E-state index in [1.165, 1.54) is 103 Å². The van der Waals surface area contributed by atoms with Gasteiger partial charge in [-0.1, -0.05) is 84.0 Å². The van der Waals surface area contributed by atoms with Crippen molar-refractivity contribution in [2.24, 2.45) is 5.92 Å². The first-order chi connectivity index (χ1) is 10.3. The molecule has 1 aliphatic carbocycles. The van der Waals surface area contributed by atoms with Gasteiger partial charge in [-0.05, 0) is 38.6 Å². The molecule has 0 radical (unpaired) electrons. The van der Waals surface area contributed by atoms with Gasteiger partial charge in [-0.2, -0.15) is 0 Å². The Morgan fingerprint density at radius 1 is 0.762 bits per heavy atom. The van der Waals surface area contributed by atoms with Crippen molar-refractivity contribution in [2.75, 3.05) is 6.54 Å². The van der Waals surface area contributed by atoms with Crippen LogP contribution in [0.1, 0.15) is 110 Å². The molecule has 0 heterocycles. The van der Waals surface area contributed by atoms with Crippen LogP contribution in [-0.4, -0.2) is 12.6 Å². The average molecular weight is 296 g/mol. The molecule has 0 saturated heterocycles. The summed E-state index contributed by atoms with van der Waals surface area (Å²) >= 11 is 0. The Balaban J connectivity index is 1.79. The summed E-state index contributed by atoms with van der Waals surface area (Å²) in [6.45, 7) is 5.95. The van der Waals surface area contributed by atoms with E-state index in [1.54, 1.807) is 0 Å². The summed E-state index contributed by atoms with van der Waals surface area (Å²) in [4.78, 5) is 0. The van der Waals surface area contributed by atoms with E-state index in [9.17, 15) is 0 Å². The molecular weight excluding hydrogens is 254 g/mol. The van der Waals surface area contributed by atoms with Crippen LogP contribution in [-0.2, 0) is 0 Å². The third-order valence-corrected chi connectivity index (χ3v) is 5.35.